The number of rotatable bonds is 3. The Morgan fingerprint density at radius 3 is 2.71 bits per heavy atom. The van der Waals surface area contributed by atoms with Gasteiger partial charge in [-0.1, -0.05) is 0 Å². The van der Waals surface area contributed by atoms with Gasteiger partial charge >= 0.3 is 6.18 Å². The second-order valence-electron chi connectivity index (χ2n) is 5.32. The molecule has 0 aliphatic heterocycles. The number of thiazole rings is 1. The van der Waals surface area contributed by atoms with Gasteiger partial charge in [-0.2, -0.15) is 18.3 Å². The summed E-state index contributed by atoms with van der Waals surface area (Å²) in [6.45, 7) is 2.18. The number of alkyl halides is 3. The van der Waals surface area contributed by atoms with Gasteiger partial charge < -0.3 is 4.90 Å². The monoisotopic (exact) mass is 374 g/mol. The zero-order chi connectivity index (χ0) is 17.6. The fourth-order valence-corrected chi connectivity index (χ4v) is 4.01. The quantitative estimate of drug-likeness (QED) is 0.703. The first-order valence-corrected chi connectivity index (χ1v) is 8.56. The van der Waals surface area contributed by atoms with Crippen molar-refractivity contribution < 1.29 is 18.0 Å². The van der Waals surface area contributed by atoms with Gasteiger partial charge in [0.15, 0.2) is 5.69 Å². The van der Waals surface area contributed by atoms with E-state index in [0.717, 1.165) is 26.7 Å². The molecular formula is C14H13F3N4OS2. The Morgan fingerprint density at radius 2 is 2.12 bits per heavy atom. The summed E-state index contributed by atoms with van der Waals surface area (Å²) in [7, 11) is 3.04. The van der Waals surface area contributed by atoms with Gasteiger partial charge in [0.2, 0.25) is 0 Å². The average molecular weight is 374 g/mol. The Bertz CT molecular complexity index is 909. The molecule has 3 aromatic rings. The van der Waals surface area contributed by atoms with E-state index in [4.69, 9.17) is 0 Å². The molecule has 0 saturated heterocycles. The predicted molar refractivity (Wildman–Crippen MR) is 86.2 cm³/mol. The zero-order valence-electron chi connectivity index (χ0n) is 13.0. The number of amides is 1. The summed E-state index contributed by atoms with van der Waals surface area (Å²) in [4.78, 5) is 18.8. The third kappa shape index (κ3) is 3.03. The van der Waals surface area contributed by atoms with Gasteiger partial charge in [-0.25, -0.2) is 4.98 Å². The molecule has 3 rings (SSSR count). The molecule has 0 aliphatic carbocycles. The van der Waals surface area contributed by atoms with E-state index < -0.39 is 11.9 Å². The van der Waals surface area contributed by atoms with Gasteiger partial charge in [-0.3, -0.25) is 9.48 Å². The van der Waals surface area contributed by atoms with Crippen LogP contribution in [0.1, 0.15) is 26.1 Å². The van der Waals surface area contributed by atoms with Gasteiger partial charge in [0.1, 0.15) is 4.83 Å². The van der Waals surface area contributed by atoms with E-state index in [-0.39, 0.29) is 16.2 Å². The minimum atomic E-state index is -4.55. The number of carbonyl (C=O) groups is 1. The Balaban J connectivity index is 1.90. The maximum Gasteiger partial charge on any atom is 0.435 e. The normalized spacial score (nSPS) is 12.1. The lowest BCUT2D eigenvalue weighted by atomic mass is 10.2. The summed E-state index contributed by atoms with van der Waals surface area (Å²) >= 11 is 2.49. The number of nitrogens with zero attached hydrogens (tertiary/aromatic N) is 4. The molecule has 1 amide bonds. The van der Waals surface area contributed by atoms with Crippen LogP contribution < -0.4 is 0 Å². The van der Waals surface area contributed by atoms with Crippen molar-refractivity contribution in [2.45, 2.75) is 19.6 Å². The molecule has 0 N–H and O–H groups in total. The number of hydrogen-bond acceptors (Lipinski definition) is 5. The third-order valence-electron chi connectivity index (χ3n) is 3.40. The Morgan fingerprint density at radius 1 is 1.42 bits per heavy atom. The maximum absolute atomic E-state index is 13.0. The van der Waals surface area contributed by atoms with E-state index in [1.807, 2.05) is 12.3 Å². The second-order valence-corrected chi connectivity index (χ2v) is 7.41. The van der Waals surface area contributed by atoms with Crippen LogP contribution in [-0.2, 0) is 19.8 Å². The fourth-order valence-electron chi connectivity index (χ4n) is 2.34. The molecule has 3 heterocycles. The van der Waals surface area contributed by atoms with Gasteiger partial charge in [-0.05, 0) is 13.0 Å². The lowest BCUT2D eigenvalue weighted by molar-refractivity contribution is -0.140. The SMILES string of the molecule is Cc1nc(CN(C)C(=O)c2cc3c(C(F)(F)F)nn(C)c3s2)cs1. The van der Waals surface area contributed by atoms with Crippen LogP contribution in [0, 0.1) is 6.92 Å². The first-order valence-electron chi connectivity index (χ1n) is 6.87. The minimum absolute atomic E-state index is 0.0451. The molecule has 5 nitrogen and oxygen atoms in total. The summed E-state index contributed by atoms with van der Waals surface area (Å²) < 4.78 is 40.2. The highest BCUT2D eigenvalue weighted by Gasteiger charge is 2.37. The number of aryl methyl sites for hydroxylation is 2. The van der Waals surface area contributed by atoms with Crippen LogP contribution in [0.2, 0.25) is 0 Å². The van der Waals surface area contributed by atoms with Crippen molar-refractivity contribution in [1.29, 1.82) is 0 Å². The van der Waals surface area contributed by atoms with Crippen LogP contribution in [0.15, 0.2) is 11.4 Å². The summed E-state index contributed by atoms with van der Waals surface area (Å²) in [5.74, 6) is -0.338. The third-order valence-corrected chi connectivity index (χ3v) is 5.42. The van der Waals surface area contributed by atoms with Crippen LogP contribution in [0.5, 0.6) is 0 Å². The molecule has 24 heavy (non-hydrogen) atoms. The Kier molecular flexibility index (Phi) is 4.12. The van der Waals surface area contributed by atoms with Crippen LogP contribution in [0.4, 0.5) is 13.2 Å². The smallest absolute Gasteiger partial charge is 0.335 e. The van der Waals surface area contributed by atoms with Crippen molar-refractivity contribution in [2.24, 2.45) is 7.05 Å². The molecule has 0 saturated carbocycles. The minimum Gasteiger partial charge on any atom is -0.335 e. The van der Waals surface area contributed by atoms with Crippen molar-refractivity contribution in [1.82, 2.24) is 19.7 Å². The second kappa shape index (κ2) is 5.85. The fraction of sp³-hybridized carbons (Fsp3) is 0.357. The number of carbonyl (C=O) groups excluding carboxylic acids is 1. The summed E-state index contributed by atoms with van der Waals surface area (Å²) in [5.41, 5.74) is -0.208. The molecule has 0 unspecified atom stereocenters. The molecular weight excluding hydrogens is 361 g/mol. The van der Waals surface area contributed by atoms with Crippen molar-refractivity contribution >= 4 is 38.8 Å². The van der Waals surface area contributed by atoms with Gasteiger partial charge in [0.25, 0.3) is 5.91 Å². The van der Waals surface area contributed by atoms with Crippen molar-refractivity contribution in [3.05, 3.63) is 32.7 Å². The molecule has 0 bridgehead atoms. The van der Waals surface area contributed by atoms with E-state index in [0.29, 0.717) is 11.4 Å². The van der Waals surface area contributed by atoms with E-state index in [9.17, 15) is 18.0 Å². The standard InChI is InChI=1S/C14H13F3N4OS2/c1-7-18-8(6-23-7)5-20(2)12(22)10-4-9-11(14(15,16)17)19-21(3)13(9)24-10/h4,6H,5H2,1-3H3. The average Bonchev–Trinajstić information content (AvgIpc) is 3.14. The van der Waals surface area contributed by atoms with Crippen molar-refractivity contribution in [3.8, 4) is 0 Å². The van der Waals surface area contributed by atoms with Crippen molar-refractivity contribution in [2.75, 3.05) is 7.05 Å². The van der Waals surface area contributed by atoms with Crippen LogP contribution in [0.25, 0.3) is 10.2 Å². The summed E-state index contributed by atoms with van der Waals surface area (Å²) in [6, 6.07) is 1.26. The number of fused-ring (bicyclic) bond motifs is 1. The summed E-state index contributed by atoms with van der Waals surface area (Å²) in [5, 5.41) is 6.21. The zero-order valence-corrected chi connectivity index (χ0v) is 14.6. The number of halogens is 3. The highest BCUT2D eigenvalue weighted by atomic mass is 32.1. The lowest BCUT2D eigenvalue weighted by Crippen LogP contribution is -2.25. The Labute approximate surface area is 143 Å². The molecule has 3 aromatic heterocycles. The van der Waals surface area contributed by atoms with E-state index in [2.05, 4.69) is 10.1 Å². The molecule has 10 heteroatoms. The molecule has 0 aliphatic rings. The van der Waals surface area contributed by atoms with Crippen LogP contribution in [-0.4, -0.2) is 32.6 Å². The van der Waals surface area contributed by atoms with Crippen molar-refractivity contribution in [3.63, 3.8) is 0 Å². The molecule has 0 atom stereocenters. The lowest BCUT2D eigenvalue weighted by Gasteiger charge is -2.14. The predicted octanol–water partition coefficient (Wildman–Crippen LogP) is 3.69. The molecule has 0 aromatic carbocycles. The number of thiophene rings is 1. The van der Waals surface area contributed by atoms with E-state index >= 15 is 0 Å². The van der Waals surface area contributed by atoms with Crippen LogP contribution in [0.3, 0.4) is 0 Å². The van der Waals surface area contributed by atoms with Gasteiger partial charge in [0.05, 0.1) is 22.1 Å². The van der Waals surface area contributed by atoms with Crippen LogP contribution >= 0.6 is 22.7 Å². The van der Waals surface area contributed by atoms with E-state index in [1.54, 1.807) is 7.05 Å². The first kappa shape index (κ1) is 16.9. The molecule has 0 radical (unpaired) electrons. The first-order chi connectivity index (χ1) is 11.2. The number of hydrogen-bond donors (Lipinski definition) is 0. The summed E-state index contributed by atoms with van der Waals surface area (Å²) in [6.07, 6.45) is -4.55. The Hall–Kier alpha value is -1.94. The molecule has 0 spiro atoms. The highest BCUT2D eigenvalue weighted by Crippen LogP contribution is 2.37. The topological polar surface area (TPSA) is 51.0 Å². The van der Waals surface area contributed by atoms with Gasteiger partial charge in [0, 0.05) is 24.9 Å². The largest absolute Gasteiger partial charge is 0.435 e. The van der Waals surface area contributed by atoms with Gasteiger partial charge in [-0.15, -0.1) is 22.7 Å². The maximum atomic E-state index is 13.0. The molecule has 128 valence electrons. The number of aromatic nitrogens is 3. The highest BCUT2D eigenvalue weighted by molar-refractivity contribution is 7.20. The van der Waals surface area contributed by atoms with E-state index in [1.165, 1.54) is 29.4 Å². The molecule has 0 fully saturated rings.